The minimum absolute atomic E-state index is 0.0684. The highest BCUT2D eigenvalue weighted by Gasteiger charge is 2.48. The van der Waals surface area contributed by atoms with E-state index in [2.05, 4.69) is 20.3 Å². The van der Waals surface area contributed by atoms with Crippen LogP contribution in [0.15, 0.2) is 18.2 Å². The van der Waals surface area contributed by atoms with Crippen molar-refractivity contribution in [1.29, 1.82) is 0 Å². The molecule has 0 radical (unpaired) electrons. The zero-order valence-electron chi connectivity index (χ0n) is 18.6. The largest absolute Gasteiger partial charge is 0.491 e. The number of aliphatic hydroxyl groups excluding tert-OH is 1. The number of aromatic nitrogens is 3. The summed E-state index contributed by atoms with van der Waals surface area (Å²) in [5.41, 5.74) is 0.605. The number of halogens is 3. The second-order valence-electron chi connectivity index (χ2n) is 8.11. The molecule has 35 heavy (non-hydrogen) atoms. The number of anilines is 1. The lowest BCUT2D eigenvalue weighted by molar-refractivity contribution is 0.00706. The number of pyridine rings is 1. The van der Waals surface area contributed by atoms with E-state index in [-0.39, 0.29) is 60.2 Å². The summed E-state index contributed by atoms with van der Waals surface area (Å²) in [7, 11) is 1.50. The molecule has 4 atom stereocenters. The van der Waals surface area contributed by atoms with Crippen LogP contribution in [-0.2, 0) is 20.8 Å². The van der Waals surface area contributed by atoms with Gasteiger partial charge in [0.1, 0.15) is 48.1 Å². The van der Waals surface area contributed by atoms with Gasteiger partial charge in [-0.2, -0.15) is 4.98 Å². The van der Waals surface area contributed by atoms with Crippen molar-refractivity contribution >= 4 is 28.6 Å². The maximum atomic E-state index is 14.5. The number of imidazole rings is 1. The zero-order valence-corrected chi connectivity index (χ0v) is 19.3. The van der Waals surface area contributed by atoms with Crippen molar-refractivity contribution < 1.29 is 37.6 Å². The minimum atomic E-state index is -0.770. The highest BCUT2D eigenvalue weighted by Crippen LogP contribution is 2.31. The number of H-pyrrole nitrogens is 1. The maximum Gasteiger partial charge on any atom is 0.296 e. The summed E-state index contributed by atoms with van der Waals surface area (Å²) in [5.74, 6) is -1.27. The molecule has 0 saturated carbocycles. The lowest BCUT2D eigenvalue weighted by atomic mass is 10.1. The SMILES string of the molecule is COCCOc1cc(F)c(CNc2nc3nc(O[C@@H]4CO[C@H]5[C@@H]4OC[C@H]5O)[nH]c3cc2Cl)c(F)c1. The third kappa shape index (κ3) is 4.98. The first-order valence-corrected chi connectivity index (χ1v) is 11.3. The molecule has 10 nitrogen and oxygen atoms in total. The van der Waals surface area contributed by atoms with Gasteiger partial charge in [-0.05, 0) is 6.07 Å². The molecule has 2 fully saturated rings. The normalized spacial score (nSPS) is 23.6. The van der Waals surface area contributed by atoms with Crippen LogP contribution in [0.3, 0.4) is 0 Å². The van der Waals surface area contributed by atoms with Crippen LogP contribution in [0.1, 0.15) is 5.56 Å². The molecule has 0 aliphatic carbocycles. The Bertz CT molecular complexity index is 1190. The van der Waals surface area contributed by atoms with Crippen LogP contribution in [0.5, 0.6) is 11.8 Å². The summed E-state index contributed by atoms with van der Waals surface area (Å²) >= 11 is 6.31. The van der Waals surface area contributed by atoms with Crippen molar-refractivity contribution in [3.05, 3.63) is 40.4 Å². The van der Waals surface area contributed by atoms with Gasteiger partial charge in [0, 0.05) is 31.4 Å². The Kier molecular flexibility index (Phi) is 6.89. The first-order chi connectivity index (χ1) is 16.9. The number of methoxy groups -OCH3 is 1. The molecule has 0 amide bonds. The van der Waals surface area contributed by atoms with Gasteiger partial charge in [-0.1, -0.05) is 11.6 Å². The Hall–Kier alpha value is -2.77. The number of nitrogens with zero attached hydrogens (tertiary/aromatic N) is 2. The van der Waals surface area contributed by atoms with Crippen molar-refractivity contribution in [3.8, 4) is 11.8 Å². The fourth-order valence-electron chi connectivity index (χ4n) is 4.01. The molecule has 2 aliphatic rings. The average molecular weight is 513 g/mol. The lowest BCUT2D eigenvalue weighted by Crippen LogP contribution is -2.34. The molecule has 5 rings (SSSR count). The van der Waals surface area contributed by atoms with E-state index in [4.69, 9.17) is 35.3 Å². The van der Waals surface area contributed by atoms with Gasteiger partial charge >= 0.3 is 0 Å². The van der Waals surface area contributed by atoms with Crippen LogP contribution in [-0.4, -0.2) is 78.0 Å². The van der Waals surface area contributed by atoms with Crippen LogP contribution >= 0.6 is 11.6 Å². The molecule has 2 aliphatic heterocycles. The van der Waals surface area contributed by atoms with Gasteiger partial charge in [0.15, 0.2) is 11.8 Å². The van der Waals surface area contributed by atoms with Gasteiger partial charge in [-0.25, -0.2) is 13.8 Å². The maximum absolute atomic E-state index is 14.5. The van der Waals surface area contributed by atoms with Crippen LogP contribution in [0.25, 0.3) is 11.2 Å². The Morgan fingerprint density at radius 3 is 2.69 bits per heavy atom. The van der Waals surface area contributed by atoms with Crippen molar-refractivity contribution in [2.75, 3.05) is 38.9 Å². The first-order valence-electron chi connectivity index (χ1n) is 10.9. The zero-order chi connectivity index (χ0) is 24.5. The molecule has 188 valence electrons. The van der Waals surface area contributed by atoms with Gasteiger partial charge in [0.25, 0.3) is 6.01 Å². The predicted octanol–water partition coefficient (Wildman–Crippen LogP) is 2.43. The molecular weight excluding hydrogens is 490 g/mol. The van der Waals surface area contributed by atoms with E-state index in [0.29, 0.717) is 12.1 Å². The Morgan fingerprint density at radius 2 is 1.91 bits per heavy atom. The van der Waals surface area contributed by atoms with Crippen LogP contribution in [0.4, 0.5) is 14.6 Å². The van der Waals surface area contributed by atoms with Crippen LogP contribution in [0.2, 0.25) is 5.02 Å². The van der Waals surface area contributed by atoms with Gasteiger partial charge in [0.05, 0.1) is 30.4 Å². The average Bonchev–Trinajstić information content (AvgIpc) is 3.50. The number of aromatic amines is 1. The molecule has 1 aromatic carbocycles. The highest BCUT2D eigenvalue weighted by atomic mass is 35.5. The Morgan fingerprint density at radius 1 is 1.14 bits per heavy atom. The molecule has 3 N–H and O–H groups in total. The molecule has 4 heterocycles. The summed E-state index contributed by atoms with van der Waals surface area (Å²) < 4.78 is 56.0. The van der Waals surface area contributed by atoms with E-state index in [1.165, 1.54) is 7.11 Å². The van der Waals surface area contributed by atoms with E-state index < -0.39 is 36.1 Å². The summed E-state index contributed by atoms with van der Waals surface area (Å²) in [6, 6.07) is 3.97. The third-order valence-corrected chi connectivity index (χ3v) is 6.04. The molecule has 13 heteroatoms. The summed E-state index contributed by atoms with van der Waals surface area (Å²) in [5, 5.41) is 12.9. The fourth-order valence-corrected chi connectivity index (χ4v) is 4.23. The molecule has 2 saturated heterocycles. The number of hydrogen-bond acceptors (Lipinski definition) is 9. The van der Waals surface area contributed by atoms with Crippen molar-refractivity contribution in [2.24, 2.45) is 0 Å². The number of fused-ring (bicyclic) bond motifs is 2. The second-order valence-corrected chi connectivity index (χ2v) is 8.52. The summed E-state index contributed by atoms with van der Waals surface area (Å²) in [6.07, 6.45) is -1.96. The molecular formula is C22H23ClF2N4O6. The molecule has 0 unspecified atom stereocenters. The fraction of sp³-hybridized carbons (Fsp3) is 0.455. The number of hydrogen-bond donors (Lipinski definition) is 3. The smallest absolute Gasteiger partial charge is 0.296 e. The quantitative estimate of drug-likeness (QED) is 0.371. The number of rotatable bonds is 9. The van der Waals surface area contributed by atoms with E-state index in [1.807, 2.05) is 0 Å². The predicted molar refractivity (Wildman–Crippen MR) is 120 cm³/mol. The standard InChI is InChI=1S/C22H23ClF2N4O6/c1-31-2-3-32-10-4-13(24)11(14(25)5-10)7-26-20-12(23)6-15-21(28-20)29-22(27-15)35-17-9-34-18-16(30)8-33-19(17)18/h4-6,16-19,30H,2-3,7-9H2,1H3,(H2,26,27,28,29)/t16-,17-,18-,19-/m1/s1. The van der Waals surface area contributed by atoms with Gasteiger partial charge in [-0.3, -0.25) is 0 Å². The van der Waals surface area contributed by atoms with E-state index in [9.17, 15) is 13.9 Å². The van der Waals surface area contributed by atoms with E-state index in [1.54, 1.807) is 6.07 Å². The van der Waals surface area contributed by atoms with Gasteiger partial charge in [0.2, 0.25) is 0 Å². The van der Waals surface area contributed by atoms with Crippen LogP contribution < -0.4 is 14.8 Å². The lowest BCUT2D eigenvalue weighted by Gasteiger charge is -2.15. The molecule has 2 aromatic heterocycles. The number of benzene rings is 1. The highest BCUT2D eigenvalue weighted by molar-refractivity contribution is 6.33. The monoisotopic (exact) mass is 512 g/mol. The van der Waals surface area contributed by atoms with E-state index >= 15 is 0 Å². The number of ether oxygens (including phenoxy) is 5. The van der Waals surface area contributed by atoms with Crippen molar-refractivity contribution in [2.45, 2.75) is 31.0 Å². The Balaban J connectivity index is 1.27. The van der Waals surface area contributed by atoms with Gasteiger partial charge in [-0.15, -0.1) is 0 Å². The van der Waals surface area contributed by atoms with Crippen LogP contribution in [0, 0.1) is 11.6 Å². The number of nitrogens with one attached hydrogen (secondary N) is 2. The third-order valence-electron chi connectivity index (χ3n) is 5.75. The molecule has 3 aromatic rings. The first kappa shape index (κ1) is 23.9. The van der Waals surface area contributed by atoms with Crippen molar-refractivity contribution in [3.63, 3.8) is 0 Å². The summed E-state index contributed by atoms with van der Waals surface area (Å²) in [4.78, 5) is 11.6. The van der Waals surface area contributed by atoms with Gasteiger partial charge < -0.3 is 39.1 Å². The van der Waals surface area contributed by atoms with Crippen molar-refractivity contribution in [1.82, 2.24) is 15.0 Å². The number of aliphatic hydroxyl groups is 1. The molecule has 0 spiro atoms. The molecule has 0 bridgehead atoms. The minimum Gasteiger partial charge on any atom is -0.491 e. The Labute approximate surface area is 203 Å². The summed E-state index contributed by atoms with van der Waals surface area (Å²) in [6.45, 7) is 0.700. The second kappa shape index (κ2) is 10.1. The van der Waals surface area contributed by atoms with E-state index in [0.717, 1.165) is 12.1 Å². The topological polar surface area (TPSA) is 120 Å².